The van der Waals surface area contributed by atoms with E-state index in [0.717, 1.165) is 20.9 Å². The topological polar surface area (TPSA) is 47.9 Å². The summed E-state index contributed by atoms with van der Waals surface area (Å²) in [5, 5.41) is 0.871. The maximum Gasteiger partial charge on any atom is 0.230 e. The number of pyridine rings is 1. The molecule has 0 radical (unpaired) electrons. The van der Waals surface area contributed by atoms with Crippen molar-refractivity contribution < 1.29 is 4.74 Å². The van der Waals surface area contributed by atoms with E-state index < -0.39 is 0 Å². The molecule has 0 atom stereocenters. The van der Waals surface area contributed by atoms with E-state index in [-0.39, 0.29) is 0 Å². The zero-order chi connectivity index (χ0) is 16.4. The van der Waals surface area contributed by atoms with Crippen LogP contribution >= 0.6 is 15.9 Å². The van der Waals surface area contributed by atoms with Gasteiger partial charge < -0.3 is 4.74 Å². The summed E-state index contributed by atoms with van der Waals surface area (Å²) in [6.07, 6.45) is 3.45. The van der Waals surface area contributed by atoms with Crippen molar-refractivity contribution in [3.8, 4) is 23.0 Å². The van der Waals surface area contributed by atoms with Gasteiger partial charge in [0.1, 0.15) is 5.75 Å². The van der Waals surface area contributed by atoms with Crippen molar-refractivity contribution in [2.24, 2.45) is 0 Å². The Labute approximate surface area is 147 Å². The van der Waals surface area contributed by atoms with Gasteiger partial charge in [0.05, 0.1) is 10.9 Å². The third-order valence-corrected chi connectivity index (χ3v) is 4.01. The third-order valence-electron chi connectivity index (χ3n) is 3.52. The highest BCUT2D eigenvalue weighted by atomic mass is 79.9. The van der Waals surface area contributed by atoms with Crippen LogP contribution in [0.25, 0.3) is 22.3 Å². The summed E-state index contributed by atoms with van der Waals surface area (Å²) in [6.45, 7) is 0. The van der Waals surface area contributed by atoms with Gasteiger partial charge in [0.15, 0.2) is 5.82 Å². The number of nitrogens with zero attached hydrogens (tertiary/aromatic N) is 3. The Morgan fingerprint density at radius 1 is 0.833 bits per heavy atom. The molecule has 4 nitrogen and oxygen atoms in total. The molecular weight excluding hydrogens is 366 g/mol. The van der Waals surface area contributed by atoms with Gasteiger partial charge in [-0.25, -0.2) is 4.98 Å². The summed E-state index contributed by atoms with van der Waals surface area (Å²) >= 11 is 3.46. The highest BCUT2D eigenvalue weighted by Gasteiger charge is 2.11. The van der Waals surface area contributed by atoms with E-state index >= 15 is 0 Å². The minimum Gasteiger partial charge on any atom is -0.438 e. The van der Waals surface area contributed by atoms with Crippen LogP contribution < -0.4 is 4.74 Å². The first-order valence-electron chi connectivity index (χ1n) is 7.40. The molecule has 24 heavy (non-hydrogen) atoms. The van der Waals surface area contributed by atoms with E-state index in [9.17, 15) is 0 Å². The largest absolute Gasteiger partial charge is 0.438 e. The summed E-state index contributed by atoms with van der Waals surface area (Å²) < 4.78 is 6.99. The number of hydrogen-bond donors (Lipinski definition) is 0. The van der Waals surface area contributed by atoms with Gasteiger partial charge in [0.25, 0.3) is 0 Å². The van der Waals surface area contributed by atoms with Crippen molar-refractivity contribution in [2.45, 2.75) is 0 Å². The van der Waals surface area contributed by atoms with E-state index in [2.05, 4.69) is 30.9 Å². The molecule has 0 unspecified atom stereocenters. The fraction of sp³-hybridized carbons (Fsp3) is 0. The average Bonchev–Trinajstić information content (AvgIpc) is 2.62. The predicted octanol–water partition coefficient (Wildman–Crippen LogP) is 5.25. The van der Waals surface area contributed by atoms with Crippen molar-refractivity contribution in [2.75, 3.05) is 0 Å². The first-order chi connectivity index (χ1) is 11.8. The molecule has 0 N–H and O–H groups in total. The zero-order valence-corrected chi connectivity index (χ0v) is 14.1. The van der Waals surface area contributed by atoms with Crippen molar-refractivity contribution in [1.82, 2.24) is 15.0 Å². The van der Waals surface area contributed by atoms with Crippen LogP contribution in [0.2, 0.25) is 0 Å². The molecular formula is C19H12BrN3O. The summed E-state index contributed by atoms with van der Waals surface area (Å²) in [6, 6.07) is 19.3. The smallest absolute Gasteiger partial charge is 0.230 e. The molecule has 4 aromatic rings. The first kappa shape index (κ1) is 14.8. The van der Waals surface area contributed by atoms with Gasteiger partial charge in [-0.3, -0.25) is 4.98 Å². The Morgan fingerprint density at radius 2 is 1.67 bits per heavy atom. The Hall–Kier alpha value is -2.79. The molecule has 2 aromatic carbocycles. The summed E-state index contributed by atoms with van der Waals surface area (Å²) in [4.78, 5) is 13.3. The normalized spacial score (nSPS) is 10.7. The molecule has 116 valence electrons. The highest BCUT2D eigenvalue weighted by molar-refractivity contribution is 9.10. The SMILES string of the molecule is Brc1cccc(Oc2nc(-c3ccncc3)nc3ccccc23)c1. The Morgan fingerprint density at radius 3 is 2.50 bits per heavy atom. The number of ether oxygens (including phenoxy) is 1. The minimum absolute atomic E-state index is 0.533. The molecule has 4 rings (SSSR count). The average molecular weight is 378 g/mol. The maximum absolute atomic E-state index is 6.04. The van der Waals surface area contributed by atoms with Crippen LogP contribution in [0, 0.1) is 0 Å². The lowest BCUT2D eigenvalue weighted by Crippen LogP contribution is -1.96. The number of rotatable bonds is 3. The standard InChI is InChI=1S/C19H12BrN3O/c20-14-4-3-5-15(12-14)24-19-16-6-1-2-7-17(16)22-18(23-19)13-8-10-21-11-9-13/h1-12H. The van der Waals surface area contributed by atoms with E-state index in [1.807, 2.05) is 60.7 Å². The molecule has 5 heteroatoms. The molecule has 0 aliphatic rings. The van der Waals surface area contributed by atoms with Gasteiger partial charge in [-0.1, -0.05) is 34.1 Å². The van der Waals surface area contributed by atoms with Crippen LogP contribution in [0.5, 0.6) is 11.6 Å². The van der Waals surface area contributed by atoms with E-state index in [1.165, 1.54) is 0 Å². The van der Waals surface area contributed by atoms with Crippen LogP contribution in [0.15, 0.2) is 77.5 Å². The van der Waals surface area contributed by atoms with Crippen molar-refractivity contribution in [3.05, 3.63) is 77.5 Å². The van der Waals surface area contributed by atoms with Gasteiger partial charge in [0, 0.05) is 22.4 Å². The van der Waals surface area contributed by atoms with Crippen LogP contribution in [-0.2, 0) is 0 Å². The van der Waals surface area contributed by atoms with E-state index in [0.29, 0.717) is 17.5 Å². The number of hydrogen-bond acceptors (Lipinski definition) is 4. The second kappa shape index (κ2) is 6.37. The third kappa shape index (κ3) is 2.98. The lowest BCUT2D eigenvalue weighted by Gasteiger charge is -2.10. The number of aromatic nitrogens is 3. The molecule has 0 fully saturated rings. The van der Waals surface area contributed by atoms with Crippen molar-refractivity contribution >= 4 is 26.8 Å². The van der Waals surface area contributed by atoms with E-state index in [4.69, 9.17) is 4.74 Å². The monoisotopic (exact) mass is 377 g/mol. The second-order valence-electron chi connectivity index (χ2n) is 5.16. The fourth-order valence-electron chi connectivity index (χ4n) is 2.40. The molecule has 2 heterocycles. The Balaban J connectivity index is 1.86. The van der Waals surface area contributed by atoms with Crippen molar-refractivity contribution in [3.63, 3.8) is 0 Å². The molecule has 0 saturated carbocycles. The van der Waals surface area contributed by atoms with E-state index in [1.54, 1.807) is 12.4 Å². The van der Waals surface area contributed by atoms with Gasteiger partial charge in [0.2, 0.25) is 5.88 Å². The minimum atomic E-state index is 0.533. The summed E-state index contributed by atoms with van der Waals surface area (Å²) in [5.74, 6) is 1.86. The molecule has 0 bridgehead atoms. The lowest BCUT2D eigenvalue weighted by molar-refractivity contribution is 0.468. The fourth-order valence-corrected chi connectivity index (χ4v) is 2.78. The van der Waals surface area contributed by atoms with Crippen LogP contribution in [0.3, 0.4) is 0 Å². The lowest BCUT2D eigenvalue weighted by atomic mass is 10.2. The molecule has 0 saturated heterocycles. The molecule has 0 aliphatic heterocycles. The van der Waals surface area contributed by atoms with Crippen LogP contribution in [-0.4, -0.2) is 15.0 Å². The van der Waals surface area contributed by atoms with Gasteiger partial charge in [-0.05, 0) is 42.5 Å². The Bertz CT molecular complexity index is 1010. The molecule has 0 aliphatic carbocycles. The molecule has 0 spiro atoms. The van der Waals surface area contributed by atoms with Crippen LogP contribution in [0.4, 0.5) is 0 Å². The summed E-state index contributed by atoms with van der Waals surface area (Å²) in [5.41, 5.74) is 1.74. The predicted molar refractivity (Wildman–Crippen MR) is 97.0 cm³/mol. The summed E-state index contributed by atoms with van der Waals surface area (Å²) in [7, 11) is 0. The van der Waals surface area contributed by atoms with Crippen molar-refractivity contribution in [1.29, 1.82) is 0 Å². The van der Waals surface area contributed by atoms with Gasteiger partial charge >= 0.3 is 0 Å². The van der Waals surface area contributed by atoms with Crippen LogP contribution in [0.1, 0.15) is 0 Å². The molecule has 0 amide bonds. The Kier molecular flexibility index (Phi) is 3.92. The highest BCUT2D eigenvalue weighted by Crippen LogP contribution is 2.30. The first-order valence-corrected chi connectivity index (χ1v) is 8.19. The number of fused-ring (bicyclic) bond motifs is 1. The second-order valence-corrected chi connectivity index (χ2v) is 6.08. The zero-order valence-electron chi connectivity index (χ0n) is 12.6. The number of halogens is 1. The number of para-hydroxylation sites is 1. The van der Waals surface area contributed by atoms with Gasteiger partial charge in [-0.15, -0.1) is 0 Å². The quantitative estimate of drug-likeness (QED) is 0.489. The molecule has 2 aromatic heterocycles. The van der Waals surface area contributed by atoms with Gasteiger partial charge in [-0.2, -0.15) is 4.98 Å². The maximum atomic E-state index is 6.04. The number of benzene rings is 2.